The van der Waals surface area contributed by atoms with Gasteiger partial charge in [0.2, 0.25) is 0 Å². The zero-order chi connectivity index (χ0) is 17.2. The zero-order valence-electron chi connectivity index (χ0n) is 11.3. The Kier molecular flexibility index (Phi) is 4.50. The monoisotopic (exact) mass is 342 g/mol. The number of para-hydroxylation sites is 1. The molecule has 0 spiro atoms. The van der Waals surface area contributed by atoms with Gasteiger partial charge in [0.25, 0.3) is 5.91 Å². The molecule has 0 radical (unpaired) electrons. The van der Waals surface area contributed by atoms with E-state index in [1.807, 2.05) is 24.3 Å². The molecule has 9 heteroatoms. The van der Waals surface area contributed by atoms with Gasteiger partial charge in [0.05, 0.1) is 10.4 Å². The number of carbonyl (C=O) groups excluding carboxylic acids is 1. The highest BCUT2D eigenvalue weighted by Crippen LogP contribution is 2.30. The number of thiophene rings is 1. The van der Waals surface area contributed by atoms with Crippen LogP contribution in [0.3, 0.4) is 0 Å². The van der Waals surface area contributed by atoms with Crippen molar-refractivity contribution in [1.82, 2.24) is 4.98 Å². The molecule has 0 saturated heterocycles. The third kappa shape index (κ3) is 3.75. The van der Waals surface area contributed by atoms with E-state index in [2.05, 4.69) is 4.98 Å². The minimum absolute atomic E-state index is 0.384. The van der Waals surface area contributed by atoms with Crippen molar-refractivity contribution in [1.29, 1.82) is 0 Å². The number of amides is 1. The molecule has 0 atom stereocenters. The van der Waals surface area contributed by atoms with E-state index in [1.165, 1.54) is 11.3 Å². The van der Waals surface area contributed by atoms with Crippen LogP contribution < -0.4 is 5.73 Å². The largest absolute Gasteiger partial charge is 0.490 e. The van der Waals surface area contributed by atoms with Crippen molar-refractivity contribution in [3.05, 3.63) is 41.4 Å². The Morgan fingerprint density at radius 1 is 1.22 bits per heavy atom. The number of nitrogens with zero attached hydrogens (tertiary/aromatic N) is 1. The smallest absolute Gasteiger partial charge is 0.475 e. The van der Waals surface area contributed by atoms with Crippen LogP contribution in [0, 0.1) is 0 Å². The van der Waals surface area contributed by atoms with Gasteiger partial charge in [0, 0.05) is 21.7 Å². The van der Waals surface area contributed by atoms with E-state index in [-0.39, 0.29) is 5.91 Å². The van der Waals surface area contributed by atoms with Crippen LogP contribution in [0.15, 0.2) is 36.5 Å². The molecule has 0 fully saturated rings. The molecule has 0 unspecified atom stereocenters. The lowest BCUT2D eigenvalue weighted by molar-refractivity contribution is -0.192. The van der Waals surface area contributed by atoms with Crippen LogP contribution in [0.1, 0.15) is 9.67 Å². The summed E-state index contributed by atoms with van der Waals surface area (Å²) in [4.78, 5) is 24.9. The summed E-state index contributed by atoms with van der Waals surface area (Å²) in [6.07, 6.45) is -3.30. The molecule has 0 saturated carbocycles. The summed E-state index contributed by atoms with van der Waals surface area (Å²) < 4.78 is 32.8. The fourth-order valence-electron chi connectivity index (χ4n) is 1.75. The van der Waals surface area contributed by atoms with Crippen molar-refractivity contribution in [3.63, 3.8) is 0 Å². The number of fused-ring (bicyclic) bond motifs is 3. The number of aromatic nitrogens is 1. The van der Waals surface area contributed by atoms with Crippen molar-refractivity contribution in [2.45, 2.75) is 6.18 Å². The number of hydrogen-bond donors (Lipinski definition) is 2. The molecular formula is C14H9F3N2O3S. The Labute approximate surface area is 131 Å². The average molecular weight is 342 g/mol. The highest BCUT2D eigenvalue weighted by Gasteiger charge is 2.38. The summed E-state index contributed by atoms with van der Waals surface area (Å²) in [7, 11) is 0. The summed E-state index contributed by atoms with van der Waals surface area (Å²) in [5.74, 6) is -3.14. The van der Waals surface area contributed by atoms with Crippen molar-refractivity contribution in [2.24, 2.45) is 5.73 Å². The van der Waals surface area contributed by atoms with Crippen molar-refractivity contribution in [3.8, 4) is 0 Å². The molecule has 0 aliphatic heterocycles. The van der Waals surface area contributed by atoms with Crippen LogP contribution in [0.5, 0.6) is 0 Å². The molecule has 0 aliphatic rings. The van der Waals surface area contributed by atoms with Gasteiger partial charge in [-0.1, -0.05) is 18.2 Å². The second-order valence-corrected chi connectivity index (χ2v) is 5.39. The normalized spacial score (nSPS) is 11.1. The van der Waals surface area contributed by atoms with E-state index < -0.39 is 12.1 Å². The molecule has 23 heavy (non-hydrogen) atoms. The van der Waals surface area contributed by atoms with Crippen molar-refractivity contribution < 1.29 is 27.9 Å². The molecule has 3 N–H and O–H groups in total. The molecule has 120 valence electrons. The molecule has 0 aliphatic carbocycles. The number of primary amides is 1. The summed E-state index contributed by atoms with van der Waals surface area (Å²) in [5, 5.41) is 9.16. The summed E-state index contributed by atoms with van der Waals surface area (Å²) >= 11 is 1.42. The maximum absolute atomic E-state index is 11.1. The van der Waals surface area contributed by atoms with Crippen LogP contribution in [0.2, 0.25) is 0 Å². The van der Waals surface area contributed by atoms with Crippen LogP contribution in [0.25, 0.3) is 21.0 Å². The number of aliphatic carboxylic acids is 1. The molecule has 3 rings (SSSR count). The molecule has 2 aromatic heterocycles. The SMILES string of the molecule is NC(=O)c1cc2cnc3ccccc3c2s1.O=C(O)C(F)(F)F. The van der Waals surface area contributed by atoms with E-state index in [9.17, 15) is 18.0 Å². The molecule has 1 aromatic carbocycles. The summed E-state index contributed by atoms with van der Waals surface area (Å²) in [5.41, 5.74) is 6.21. The van der Waals surface area contributed by atoms with Gasteiger partial charge in [-0.3, -0.25) is 9.78 Å². The Morgan fingerprint density at radius 2 is 1.83 bits per heavy atom. The number of nitrogens with two attached hydrogens (primary N) is 1. The van der Waals surface area contributed by atoms with E-state index in [1.54, 1.807) is 12.3 Å². The first kappa shape index (κ1) is 16.7. The number of carboxylic acid groups (broad SMARTS) is 1. The third-order valence-corrected chi connectivity index (χ3v) is 3.94. The lowest BCUT2D eigenvalue weighted by Gasteiger charge is -1.96. The van der Waals surface area contributed by atoms with Gasteiger partial charge in [0.15, 0.2) is 0 Å². The Balaban J connectivity index is 0.000000236. The lowest BCUT2D eigenvalue weighted by atomic mass is 10.2. The predicted molar refractivity (Wildman–Crippen MR) is 79.3 cm³/mol. The van der Waals surface area contributed by atoms with Gasteiger partial charge in [0.1, 0.15) is 0 Å². The number of alkyl halides is 3. The molecule has 5 nitrogen and oxygen atoms in total. The fraction of sp³-hybridized carbons (Fsp3) is 0.0714. The second-order valence-electron chi connectivity index (χ2n) is 4.34. The van der Waals surface area contributed by atoms with Crippen LogP contribution >= 0.6 is 11.3 Å². The molecular weight excluding hydrogens is 333 g/mol. The number of rotatable bonds is 1. The minimum atomic E-state index is -5.08. The lowest BCUT2D eigenvalue weighted by Crippen LogP contribution is -2.21. The first-order valence-electron chi connectivity index (χ1n) is 6.07. The van der Waals surface area contributed by atoms with Gasteiger partial charge >= 0.3 is 12.1 Å². The first-order chi connectivity index (χ1) is 10.7. The summed E-state index contributed by atoms with van der Waals surface area (Å²) in [6.45, 7) is 0. The van der Waals surface area contributed by atoms with Crippen LogP contribution in [-0.2, 0) is 4.79 Å². The number of benzene rings is 1. The van der Waals surface area contributed by atoms with E-state index in [4.69, 9.17) is 15.6 Å². The summed E-state index contributed by atoms with van der Waals surface area (Å²) in [6, 6.07) is 9.67. The Hall–Kier alpha value is -2.68. The highest BCUT2D eigenvalue weighted by molar-refractivity contribution is 7.21. The van der Waals surface area contributed by atoms with E-state index in [0.717, 1.165) is 21.0 Å². The Morgan fingerprint density at radius 3 is 2.39 bits per heavy atom. The first-order valence-corrected chi connectivity index (χ1v) is 6.89. The van der Waals surface area contributed by atoms with Crippen LogP contribution in [-0.4, -0.2) is 28.1 Å². The maximum atomic E-state index is 11.1. The molecule has 3 aromatic rings. The third-order valence-electron chi connectivity index (χ3n) is 2.74. The number of hydrogen-bond acceptors (Lipinski definition) is 4. The minimum Gasteiger partial charge on any atom is -0.475 e. The molecule has 0 bridgehead atoms. The number of pyridine rings is 1. The topological polar surface area (TPSA) is 93.3 Å². The predicted octanol–water partition coefficient (Wildman–Crippen LogP) is 3.18. The second kappa shape index (κ2) is 6.21. The highest BCUT2D eigenvalue weighted by atomic mass is 32.1. The van der Waals surface area contributed by atoms with Gasteiger partial charge in [-0.05, 0) is 12.1 Å². The Bertz CT molecular complexity index is 890. The average Bonchev–Trinajstić information content (AvgIpc) is 2.91. The number of carboxylic acids is 1. The van der Waals surface area contributed by atoms with E-state index >= 15 is 0 Å². The maximum Gasteiger partial charge on any atom is 0.490 e. The van der Waals surface area contributed by atoms with Gasteiger partial charge < -0.3 is 10.8 Å². The standard InChI is InChI=1S/C12H8N2OS.C2HF3O2/c13-12(15)10-5-7-6-14-9-4-2-1-3-8(9)11(7)16-10;3-2(4,5)1(6)7/h1-6H,(H2,13,15);(H,6,7). The molecule has 2 heterocycles. The van der Waals surface area contributed by atoms with Crippen LogP contribution in [0.4, 0.5) is 13.2 Å². The van der Waals surface area contributed by atoms with E-state index in [0.29, 0.717) is 4.88 Å². The van der Waals surface area contributed by atoms with Gasteiger partial charge in [-0.25, -0.2) is 4.79 Å². The fourth-order valence-corrected chi connectivity index (χ4v) is 2.77. The number of carbonyl (C=O) groups is 2. The van der Waals surface area contributed by atoms with Crippen molar-refractivity contribution >= 4 is 44.2 Å². The van der Waals surface area contributed by atoms with Gasteiger partial charge in [-0.15, -0.1) is 11.3 Å². The van der Waals surface area contributed by atoms with Gasteiger partial charge in [-0.2, -0.15) is 13.2 Å². The zero-order valence-corrected chi connectivity index (χ0v) is 12.1. The van der Waals surface area contributed by atoms with Crippen molar-refractivity contribution in [2.75, 3.05) is 0 Å². The quantitative estimate of drug-likeness (QED) is 0.710. The molecule has 1 amide bonds. The number of halogens is 3.